The van der Waals surface area contributed by atoms with E-state index < -0.39 is 5.54 Å². The van der Waals surface area contributed by atoms with Gasteiger partial charge in [-0.25, -0.2) is 0 Å². The topological polar surface area (TPSA) is 69.6 Å². The molecule has 0 aromatic rings. The first kappa shape index (κ1) is 14.3. The molecule has 2 N–H and O–H groups in total. The second-order valence-electron chi connectivity index (χ2n) is 6.43. The lowest BCUT2D eigenvalue weighted by molar-refractivity contribution is -0.137. The summed E-state index contributed by atoms with van der Waals surface area (Å²) in [5.41, 5.74) is -0.597. The van der Waals surface area contributed by atoms with Crippen LogP contribution in [0, 0.1) is 11.8 Å². The average Bonchev–Trinajstić information content (AvgIpc) is 3.22. The van der Waals surface area contributed by atoms with Crippen LogP contribution in [0.15, 0.2) is 0 Å². The van der Waals surface area contributed by atoms with Crippen LogP contribution in [0.5, 0.6) is 0 Å². The van der Waals surface area contributed by atoms with Crippen molar-refractivity contribution in [1.29, 1.82) is 0 Å². The number of likely N-dealkylation sites (tertiary alicyclic amines) is 1. The second-order valence-corrected chi connectivity index (χ2v) is 6.43. The molecule has 0 radical (unpaired) electrons. The van der Waals surface area contributed by atoms with Crippen LogP contribution >= 0.6 is 0 Å². The van der Waals surface area contributed by atoms with Crippen molar-refractivity contribution in [2.24, 2.45) is 11.8 Å². The SMILES string of the molecule is CC(C)(CO)NC(=O)C1CCCN(C(=O)C2CC2)C1. The van der Waals surface area contributed by atoms with E-state index in [9.17, 15) is 14.7 Å². The first-order chi connectivity index (χ1) is 8.93. The van der Waals surface area contributed by atoms with Crippen LogP contribution in [0.1, 0.15) is 39.5 Å². The van der Waals surface area contributed by atoms with Gasteiger partial charge >= 0.3 is 0 Å². The van der Waals surface area contributed by atoms with Crippen LogP contribution in [0.25, 0.3) is 0 Å². The van der Waals surface area contributed by atoms with Gasteiger partial charge < -0.3 is 15.3 Å². The zero-order valence-electron chi connectivity index (χ0n) is 11.8. The van der Waals surface area contributed by atoms with Gasteiger partial charge in [0, 0.05) is 19.0 Å². The van der Waals surface area contributed by atoms with Gasteiger partial charge in [-0.1, -0.05) is 0 Å². The van der Waals surface area contributed by atoms with E-state index in [-0.39, 0.29) is 30.3 Å². The fourth-order valence-electron chi connectivity index (χ4n) is 2.45. The fourth-order valence-corrected chi connectivity index (χ4v) is 2.45. The van der Waals surface area contributed by atoms with E-state index in [4.69, 9.17) is 0 Å². The van der Waals surface area contributed by atoms with E-state index >= 15 is 0 Å². The van der Waals surface area contributed by atoms with Crippen LogP contribution in [-0.2, 0) is 9.59 Å². The number of aliphatic hydroxyl groups is 1. The molecule has 5 nitrogen and oxygen atoms in total. The monoisotopic (exact) mass is 268 g/mol. The van der Waals surface area contributed by atoms with Gasteiger partial charge in [-0.15, -0.1) is 0 Å². The summed E-state index contributed by atoms with van der Waals surface area (Å²) in [4.78, 5) is 26.0. The lowest BCUT2D eigenvalue weighted by atomic mass is 9.95. The number of piperidine rings is 1. The van der Waals surface area contributed by atoms with Crippen molar-refractivity contribution >= 4 is 11.8 Å². The van der Waals surface area contributed by atoms with Gasteiger partial charge in [0.15, 0.2) is 0 Å². The summed E-state index contributed by atoms with van der Waals surface area (Å²) in [5.74, 6) is 0.254. The van der Waals surface area contributed by atoms with Crippen molar-refractivity contribution in [3.63, 3.8) is 0 Å². The van der Waals surface area contributed by atoms with Gasteiger partial charge in [-0.3, -0.25) is 9.59 Å². The number of carbonyl (C=O) groups excluding carboxylic acids is 2. The van der Waals surface area contributed by atoms with Crippen LogP contribution in [-0.4, -0.2) is 47.1 Å². The second kappa shape index (κ2) is 5.49. The van der Waals surface area contributed by atoms with Crippen LogP contribution in [0.2, 0.25) is 0 Å². The zero-order valence-corrected chi connectivity index (χ0v) is 11.8. The Balaban J connectivity index is 1.89. The Morgan fingerprint density at radius 1 is 1.26 bits per heavy atom. The molecular formula is C14H24N2O3. The number of hydrogen-bond donors (Lipinski definition) is 2. The molecule has 2 fully saturated rings. The van der Waals surface area contributed by atoms with Crippen molar-refractivity contribution in [3.8, 4) is 0 Å². The third kappa shape index (κ3) is 3.69. The number of nitrogens with one attached hydrogen (secondary N) is 1. The smallest absolute Gasteiger partial charge is 0.225 e. The van der Waals surface area contributed by atoms with E-state index in [1.54, 1.807) is 13.8 Å². The molecule has 2 amide bonds. The molecule has 2 rings (SSSR count). The summed E-state index contributed by atoms with van der Waals surface area (Å²) in [6, 6.07) is 0. The Labute approximate surface area is 114 Å². The molecule has 5 heteroatoms. The van der Waals surface area contributed by atoms with Gasteiger partial charge in [0.05, 0.1) is 18.1 Å². The summed E-state index contributed by atoms with van der Waals surface area (Å²) in [7, 11) is 0. The van der Waals surface area contributed by atoms with Crippen molar-refractivity contribution in [2.75, 3.05) is 19.7 Å². The predicted octanol–water partition coefficient (Wildman–Crippen LogP) is 0.522. The first-order valence-electron chi connectivity index (χ1n) is 7.14. The summed E-state index contributed by atoms with van der Waals surface area (Å²) in [6.45, 7) is 4.81. The fraction of sp³-hybridized carbons (Fsp3) is 0.857. The maximum atomic E-state index is 12.2. The van der Waals surface area contributed by atoms with Crippen LogP contribution < -0.4 is 5.32 Å². The Morgan fingerprint density at radius 2 is 1.95 bits per heavy atom. The number of amides is 2. The molecule has 19 heavy (non-hydrogen) atoms. The quantitative estimate of drug-likeness (QED) is 0.781. The number of rotatable bonds is 4. The lowest BCUT2D eigenvalue weighted by Gasteiger charge is -2.34. The van der Waals surface area contributed by atoms with E-state index in [0.717, 1.165) is 32.2 Å². The summed E-state index contributed by atoms with van der Waals surface area (Å²) < 4.78 is 0. The van der Waals surface area contributed by atoms with Gasteiger partial charge in [0.1, 0.15) is 0 Å². The number of nitrogens with zero attached hydrogens (tertiary/aromatic N) is 1. The van der Waals surface area contributed by atoms with Crippen molar-refractivity contribution < 1.29 is 14.7 Å². The maximum absolute atomic E-state index is 12.2. The molecular weight excluding hydrogens is 244 g/mol. The molecule has 1 atom stereocenters. The molecule has 1 unspecified atom stereocenters. The highest BCUT2D eigenvalue weighted by Crippen LogP contribution is 2.32. The molecule has 108 valence electrons. The standard InChI is InChI=1S/C14H24N2O3/c1-14(2,9-17)15-12(18)11-4-3-7-16(8-11)13(19)10-5-6-10/h10-11,17H,3-9H2,1-2H3,(H,15,18). The Hall–Kier alpha value is -1.10. The molecule has 0 aromatic carbocycles. The summed E-state index contributed by atoms with van der Waals surface area (Å²) >= 11 is 0. The Kier molecular flexibility index (Phi) is 4.13. The van der Waals surface area contributed by atoms with E-state index in [1.165, 1.54) is 0 Å². The van der Waals surface area contributed by atoms with Gasteiger partial charge in [-0.2, -0.15) is 0 Å². The summed E-state index contributed by atoms with van der Waals surface area (Å²) in [5, 5.41) is 12.0. The molecule has 1 aliphatic heterocycles. The minimum atomic E-state index is -0.597. The van der Waals surface area contributed by atoms with E-state index in [0.29, 0.717) is 6.54 Å². The third-order valence-corrected chi connectivity index (χ3v) is 3.89. The molecule has 1 aliphatic carbocycles. The molecule has 0 bridgehead atoms. The molecule has 2 aliphatic rings. The Morgan fingerprint density at radius 3 is 2.53 bits per heavy atom. The molecule has 0 aromatic heterocycles. The molecule has 1 saturated carbocycles. The van der Waals surface area contributed by atoms with Gasteiger partial charge in [0.2, 0.25) is 11.8 Å². The predicted molar refractivity (Wildman–Crippen MR) is 71.3 cm³/mol. The lowest BCUT2D eigenvalue weighted by Crippen LogP contribution is -2.52. The minimum absolute atomic E-state index is 0.0488. The minimum Gasteiger partial charge on any atom is -0.394 e. The van der Waals surface area contributed by atoms with E-state index in [2.05, 4.69) is 5.32 Å². The highest BCUT2D eigenvalue weighted by Gasteiger charge is 2.37. The number of hydrogen-bond acceptors (Lipinski definition) is 3. The number of aliphatic hydroxyl groups excluding tert-OH is 1. The molecule has 0 spiro atoms. The highest BCUT2D eigenvalue weighted by molar-refractivity contribution is 5.83. The Bertz CT molecular complexity index is 364. The summed E-state index contributed by atoms with van der Waals surface area (Å²) in [6.07, 6.45) is 3.71. The largest absolute Gasteiger partial charge is 0.394 e. The van der Waals surface area contributed by atoms with Crippen molar-refractivity contribution in [2.45, 2.75) is 45.1 Å². The van der Waals surface area contributed by atoms with Crippen LogP contribution in [0.3, 0.4) is 0 Å². The zero-order chi connectivity index (χ0) is 14.0. The van der Waals surface area contributed by atoms with Crippen molar-refractivity contribution in [3.05, 3.63) is 0 Å². The average molecular weight is 268 g/mol. The normalized spacial score (nSPS) is 24.2. The van der Waals surface area contributed by atoms with E-state index in [1.807, 2.05) is 4.90 Å². The first-order valence-corrected chi connectivity index (χ1v) is 7.14. The van der Waals surface area contributed by atoms with Crippen LogP contribution in [0.4, 0.5) is 0 Å². The molecule has 1 saturated heterocycles. The third-order valence-electron chi connectivity index (χ3n) is 3.89. The highest BCUT2D eigenvalue weighted by atomic mass is 16.3. The molecule has 1 heterocycles. The van der Waals surface area contributed by atoms with Gasteiger partial charge in [0.25, 0.3) is 0 Å². The van der Waals surface area contributed by atoms with Gasteiger partial charge in [-0.05, 0) is 39.5 Å². The number of carbonyl (C=O) groups is 2. The van der Waals surface area contributed by atoms with Crippen molar-refractivity contribution in [1.82, 2.24) is 10.2 Å². The maximum Gasteiger partial charge on any atom is 0.225 e.